The first-order valence-corrected chi connectivity index (χ1v) is 6.74. The summed E-state index contributed by atoms with van der Waals surface area (Å²) < 4.78 is 26.2. The average Bonchev–Trinajstić information content (AvgIpc) is 2.43. The van der Waals surface area contributed by atoms with Gasteiger partial charge in [0.25, 0.3) is 0 Å². The summed E-state index contributed by atoms with van der Waals surface area (Å²) in [5.74, 6) is -1.67. The van der Waals surface area contributed by atoms with Crippen molar-refractivity contribution in [1.29, 1.82) is 0 Å². The number of halogens is 2. The number of aryl methyl sites for hydroxylation is 1. The topological polar surface area (TPSA) is 26.0 Å². The first-order valence-electron chi connectivity index (χ1n) is 6.74. The lowest BCUT2D eigenvalue weighted by Gasteiger charge is -2.25. The van der Waals surface area contributed by atoms with Crippen molar-refractivity contribution in [2.45, 2.75) is 32.2 Å². The van der Waals surface area contributed by atoms with E-state index in [9.17, 15) is 8.78 Å². The van der Waals surface area contributed by atoms with E-state index in [4.69, 9.17) is 5.73 Å². The lowest BCUT2D eigenvalue weighted by atomic mass is 9.86. The van der Waals surface area contributed by atoms with Gasteiger partial charge < -0.3 is 5.73 Å². The van der Waals surface area contributed by atoms with Crippen molar-refractivity contribution in [1.82, 2.24) is 0 Å². The average molecular weight is 275 g/mol. The number of benzene rings is 2. The molecule has 2 N–H and O–H groups in total. The molecule has 3 heteroatoms. The van der Waals surface area contributed by atoms with Crippen LogP contribution in [0.1, 0.15) is 30.5 Å². The lowest BCUT2D eigenvalue weighted by Crippen LogP contribution is -2.35. The van der Waals surface area contributed by atoms with Crippen molar-refractivity contribution in [3.8, 4) is 0 Å². The maximum atomic E-state index is 13.2. The third kappa shape index (κ3) is 3.23. The third-order valence-electron chi connectivity index (χ3n) is 3.58. The molecule has 1 atom stereocenters. The van der Waals surface area contributed by atoms with E-state index in [0.717, 1.165) is 18.1 Å². The van der Waals surface area contributed by atoms with Crippen molar-refractivity contribution in [3.63, 3.8) is 0 Å². The molecule has 0 saturated heterocycles. The molecule has 2 aromatic rings. The Morgan fingerprint density at radius 1 is 0.950 bits per heavy atom. The summed E-state index contributed by atoms with van der Waals surface area (Å²) >= 11 is 0. The van der Waals surface area contributed by atoms with E-state index >= 15 is 0 Å². The minimum absolute atomic E-state index is 0.454. The number of rotatable bonds is 4. The molecule has 0 aliphatic heterocycles. The van der Waals surface area contributed by atoms with Gasteiger partial charge in [-0.3, -0.25) is 0 Å². The highest BCUT2D eigenvalue weighted by Gasteiger charge is 2.22. The van der Waals surface area contributed by atoms with E-state index in [-0.39, 0.29) is 0 Å². The highest BCUT2D eigenvalue weighted by Crippen LogP contribution is 2.24. The van der Waals surface area contributed by atoms with Gasteiger partial charge in [0.05, 0.1) is 0 Å². The molecular formula is C17H19F2N. The molecule has 2 rings (SSSR count). The Morgan fingerprint density at radius 2 is 1.55 bits per heavy atom. The fraction of sp³-hybridized carbons (Fsp3) is 0.294. The minimum Gasteiger partial charge on any atom is -0.321 e. The molecule has 1 unspecified atom stereocenters. The van der Waals surface area contributed by atoms with Gasteiger partial charge in [-0.05, 0) is 48.6 Å². The Bertz CT molecular complexity index is 588. The summed E-state index contributed by atoms with van der Waals surface area (Å²) in [6.07, 6.45) is 1.43. The number of hydrogen-bond donors (Lipinski definition) is 1. The van der Waals surface area contributed by atoms with Gasteiger partial charge in [-0.15, -0.1) is 0 Å². The van der Waals surface area contributed by atoms with Gasteiger partial charge >= 0.3 is 0 Å². The Hall–Kier alpha value is -1.74. The molecule has 0 aromatic heterocycles. The smallest absolute Gasteiger partial charge is 0.159 e. The van der Waals surface area contributed by atoms with Crippen LogP contribution < -0.4 is 5.73 Å². The third-order valence-corrected chi connectivity index (χ3v) is 3.58. The molecule has 2 aromatic carbocycles. The Balaban J connectivity index is 2.22. The van der Waals surface area contributed by atoms with E-state index in [1.54, 1.807) is 6.07 Å². The molecule has 20 heavy (non-hydrogen) atoms. The highest BCUT2D eigenvalue weighted by atomic mass is 19.2. The van der Waals surface area contributed by atoms with E-state index in [1.807, 2.05) is 31.2 Å². The fourth-order valence-electron chi connectivity index (χ4n) is 2.30. The number of nitrogens with two attached hydrogens (primary N) is 1. The predicted octanol–water partition coefficient (Wildman–Crippen LogP) is 3.94. The van der Waals surface area contributed by atoms with Crippen LogP contribution >= 0.6 is 0 Å². The molecule has 0 radical (unpaired) electrons. The first kappa shape index (κ1) is 14.7. The Morgan fingerprint density at radius 3 is 2.10 bits per heavy atom. The quantitative estimate of drug-likeness (QED) is 0.898. The van der Waals surface area contributed by atoms with Gasteiger partial charge in [-0.1, -0.05) is 37.3 Å². The molecule has 0 aliphatic carbocycles. The summed E-state index contributed by atoms with van der Waals surface area (Å²) in [5.41, 5.74) is 8.64. The molecule has 0 aliphatic rings. The number of hydrogen-bond acceptors (Lipinski definition) is 1. The zero-order valence-electron chi connectivity index (χ0n) is 11.8. The second-order valence-corrected chi connectivity index (χ2v) is 5.39. The molecule has 0 spiro atoms. The van der Waals surface area contributed by atoms with Gasteiger partial charge in [-0.25, -0.2) is 8.78 Å². The molecule has 0 saturated carbocycles. The van der Waals surface area contributed by atoms with Crippen LogP contribution in [0.15, 0.2) is 42.5 Å². The van der Waals surface area contributed by atoms with Crippen LogP contribution in [0.5, 0.6) is 0 Å². The summed E-state index contributed by atoms with van der Waals surface area (Å²) in [6, 6.07) is 12.0. The second kappa shape index (κ2) is 5.71. The van der Waals surface area contributed by atoms with Crippen molar-refractivity contribution >= 4 is 0 Å². The monoisotopic (exact) mass is 275 g/mol. The maximum Gasteiger partial charge on any atom is 0.159 e. The van der Waals surface area contributed by atoms with E-state index in [2.05, 4.69) is 6.92 Å². The standard InChI is InChI=1S/C17H19F2N/c1-3-12-4-7-14(8-5-12)17(2,20)11-13-6-9-15(18)16(19)10-13/h4-10H,3,11,20H2,1-2H3. The molecule has 106 valence electrons. The van der Waals surface area contributed by atoms with Gasteiger partial charge in [0, 0.05) is 5.54 Å². The lowest BCUT2D eigenvalue weighted by molar-refractivity contribution is 0.480. The van der Waals surface area contributed by atoms with Crippen LogP contribution in [-0.2, 0) is 18.4 Å². The Labute approximate surface area is 118 Å². The van der Waals surface area contributed by atoms with Crippen LogP contribution in [0.2, 0.25) is 0 Å². The molecule has 0 amide bonds. The summed E-state index contributed by atoms with van der Waals surface area (Å²) in [7, 11) is 0. The normalized spacial score (nSPS) is 14.1. The van der Waals surface area contributed by atoms with Crippen molar-refractivity contribution in [3.05, 3.63) is 70.8 Å². The van der Waals surface area contributed by atoms with Gasteiger partial charge in [-0.2, -0.15) is 0 Å². The predicted molar refractivity (Wildman–Crippen MR) is 77.4 cm³/mol. The largest absolute Gasteiger partial charge is 0.321 e. The Kier molecular flexibility index (Phi) is 4.19. The van der Waals surface area contributed by atoms with Crippen molar-refractivity contribution in [2.24, 2.45) is 5.73 Å². The highest BCUT2D eigenvalue weighted by molar-refractivity contribution is 5.30. The summed E-state index contributed by atoms with van der Waals surface area (Å²) in [4.78, 5) is 0. The maximum absolute atomic E-state index is 13.2. The molecule has 0 bridgehead atoms. The minimum atomic E-state index is -0.834. The van der Waals surface area contributed by atoms with Crippen LogP contribution in [0.4, 0.5) is 8.78 Å². The SMILES string of the molecule is CCc1ccc(C(C)(N)Cc2ccc(F)c(F)c2)cc1. The second-order valence-electron chi connectivity index (χ2n) is 5.39. The van der Waals surface area contributed by atoms with Crippen LogP contribution in [0, 0.1) is 11.6 Å². The van der Waals surface area contributed by atoms with E-state index in [1.165, 1.54) is 11.6 Å². The van der Waals surface area contributed by atoms with Crippen LogP contribution in [-0.4, -0.2) is 0 Å². The van der Waals surface area contributed by atoms with E-state index < -0.39 is 17.2 Å². The van der Waals surface area contributed by atoms with Gasteiger partial charge in [0.15, 0.2) is 11.6 Å². The van der Waals surface area contributed by atoms with Crippen molar-refractivity contribution < 1.29 is 8.78 Å². The molecular weight excluding hydrogens is 256 g/mol. The van der Waals surface area contributed by atoms with Crippen LogP contribution in [0.25, 0.3) is 0 Å². The fourth-order valence-corrected chi connectivity index (χ4v) is 2.30. The first-order chi connectivity index (χ1) is 9.42. The zero-order chi connectivity index (χ0) is 14.8. The zero-order valence-corrected chi connectivity index (χ0v) is 11.8. The summed E-state index contributed by atoms with van der Waals surface area (Å²) in [5, 5.41) is 0. The molecule has 0 heterocycles. The molecule has 1 nitrogen and oxygen atoms in total. The van der Waals surface area contributed by atoms with Gasteiger partial charge in [0.1, 0.15) is 0 Å². The summed E-state index contributed by atoms with van der Waals surface area (Å²) in [6.45, 7) is 3.99. The van der Waals surface area contributed by atoms with E-state index in [0.29, 0.717) is 12.0 Å². The van der Waals surface area contributed by atoms with Gasteiger partial charge in [0.2, 0.25) is 0 Å². The van der Waals surface area contributed by atoms with Crippen molar-refractivity contribution in [2.75, 3.05) is 0 Å². The van der Waals surface area contributed by atoms with Crippen LogP contribution in [0.3, 0.4) is 0 Å². The molecule has 0 fully saturated rings.